The molecule has 0 aliphatic carbocycles. The highest BCUT2D eigenvalue weighted by Gasteiger charge is 2.36. The third-order valence-electron chi connectivity index (χ3n) is 4.12. The molecule has 1 aliphatic rings. The molecule has 0 atom stereocenters. The minimum atomic E-state index is -0.962. The molecule has 25 heavy (non-hydrogen) atoms. The number of hydrogen-bond donors (Lipinski definition) is 0. The monoisotopic (exact) mass is 353 g/mol. The first kappa shape index (κ1) is 17.1. The molecule has 126 valence electrons. The average molecular weight is 354 g/mol. The lowest BCUT2D eigenvalue weighted by Crippen LogP contribution is -2.41. The summed E-state index contributed by atoms with van der Waals surface area (Å²) in [6.45, 7) is 3.53. The number of anilines is 1. The largest absolute Gasteiger partial charge is 0.313 e. The number of isocyanates is 1. The fourth-order valence-corrected chi connectivity index (χ4v) is 3.12. The summed E-state index contributed by atoms with van der Waals surface area (Å²) in [6, 6.07) is 12.4. The highest BCUT2D eigenvalue weighted by atomic mass is 35.5. The first-order chi connectivity index (χ1) is 11.8. The molecule has 0 unspecified atom stereocenters. The normalized spacial score (nSPS) is 15.8. The van der Waals surface area contributed by atoms with Gasteiger partial charge >= 0.3 is 0 Å². The van der Waals surface area contributed by atoms with Gasteiger partial charge < -0.3 is 4.90 Å². The van der Waals surface area contributed by atoms with Crippen molar-refractivity contribution in [1.29, 1.82) is 0 Å². The number of aliphatic imine (C=N–C) groups is 2. The van der Waals surface area contributed by atoms with Gasteiger partial charge in [0.1, 0.15) is 5.54 Å². The fourth-order valence-electron chi connectivity index (χ4n) is 2.89. The Bertz CT molecular complexity index is 943. The van der Waals surface area contributed by atoms with E-state index < -0.39 is 5.54 Å². The molecule has 0 saturated heterocycles. The third kappa shape index (κ3) is 3.00. The van der Waals surface area contributed by atoms with Gasteiger partial charge in [-0.05, 0) is 38.1 Å². The lowest BCUT2D eigenvalue weighted by molar-refractivity contribution is -0.122. The molecule has 1 heterocycles. The zero-order chi connectivity index (χ0) is 18.2. The maximum absolute atomic E-state index is 12.8. The first-order valence-corrected chi connectivity index (χ1v) is 8.08. The molecule has 0 radical (unpaired) electrons. The molecule has 2 aromatic carbocycles. The molecule has 0 fully saturated rings. The van der Waals surface area contributed by atoms with Crippen LogP contribution in [0.1, 0.15) is 25.0 Å². The smallest absolute Gasteiger partial charge is 0.254 e. The van der Waals surface area contributed by atoms with Crippen LogP contribution in [0.3, 0.4) is 0 Å². The van der Waals surface area contributed by atoms with Crippen LogP contribution < -0.4 is 4.90 Å². The Kier molecular flexibility index (Phi) is 4.29. The SMILES string of the molecule is CN1C(=O)C(C)(C)N=C(c2ccccc2Cl)c2cc(N=C=O)ccc21. The van der Waals surface area contributed by atoms with Crippen LogP contribution in [0, 0.1) is 0 Å². The minimum absolute atomic E-state index is 0.137. The number of rotatable bonds is 2. The van der Waals surface area contributed by atoms with E-state index >= 15 is 0 Å². The predicted molar refractivity (Wildman–Crippen MR) is 98.8 cm³/mol. The first-order valence-electron chi connectivity index (χ1n) is 7.70. The second-order valence-electron chi connectivity index (χ2n) is 6.27. The van der Waals surface area contributed by atoms with E-state index in [9.17, 15) is 9.59 Å². The zero-order valence-electron chi connectivity index (χ0n) is 14.1. The van der Waals surface area contributed by atoms with Crippen molar-refractivity contribution in [3.63, 3.8) is 0 Å². The molecule has 0 spiro atoms. The minimum Gasteiger partial charge on any atom is -0.313 e. The summed E-state index contributed by atoms with van der Waals surface area (Å²) in [6.07, 6.45) is 1.54. The summed E-state index contributed by atoms with van der Waals surface area (Å²) >= 11 is 6.38. The summed E-state index contributed by atoms with van der Waals surface area (Å²) in [5.74, 6) is -0.137. The molecule has 5 nitrogen and oxygen atoms in total. The Hall–Kier alpha value is -2.75. The van der Waals surface area contributed by atoms with Crippen molar-refractivity contribution in [2.24, 2.45) is 9.98 Å². The Labute approximate surface area is 150 Å². The summed E-state index contributed by atoms with van der Waals surface area (Å²) in [7, 11) is 1.71. The van der Waals surface area contributed by atoms with Crippen LogP contribution in [-0.2, 0) is 9.59 Å². The van der Waals surface area contributed by atoms with Crippen LogP contribution in [0.5, 0.6) is 0 Å². The summed E-state index contributed by atoms with van der Waals surface area (Å²) in [5.41, 5.74) is 2.15. The molecule has 0 N–H and O–H groups in total. The van der Waals surface area contributed by atoms with Crippen molar-refractivity contribution < 1.29 is 9.59 Å². The maximum atomic E-state index is 12.8. The third-order valence-corrected chi connectivity index (χ3v) is 4.45. The van der Waals surface area contributed by atoms with E-state index in [0.29, 0.717) is 33.2 Å². The highest BCUT2D eigenvalue weighted by molar-refractivity contribution is 6.36. The van der Waals surface area contributed by atoms with Crippen LogP contribution >= 0.6 is 11.6 Å². The highest BCUT2D eigenvalue weighted by Crippen LogP contribution is 2.35. The number of fused-ring (bicyclic) bond motifs is 1. The summed E-state index contributed by atoms with van der Waals surface area (Å²) in [5, 5.41) is 0.532. The second-order valence-corrected chi connectivity index (χ2v) is 6.68. The van der Waals surface area contributed by atoms with Gasteiger partial charge in [0.25, 0.3) is 5.91 Å². The van der Waals surface area contributed by atoms with Crippen LogP contribution in [-0.4, -0.2) is 30.3 Å². The van der Waals surface area contributed by atoms with Gasteiger partial charge in [-0.3, -0.25) is 9.79 Å². The van der Waals surface area contributed by atoms with Gasteiger partial charge in [0.15, 0.2) is 0 Å². The molecule has 2 aromatic rings. The molecular formula is C19H16ClN3O2. The Balaban J connectivity index is 2.37. The molecule has 6 heteroatoms. The number of amides is 1. The van der Waals surface area contributed by atoms with E-state index in [1.165, 1.54) is 6.08 Å². The lowest BCUT2D eigenvalue weighted by atomic mass is 9.99. The Morgan fingerprint density at radius 2 is 1.88 bits per heavy atom. The van der Waals surface area contributed by atoms with Crippen LogP contribution in [0.4, 0.5) is 11.4 Å². The zero-order valence-corrected chi connectivity index (χ0v) is 14.8. The number of likely N-dealkylation sites (N-methyl/N-ethyl adjacent to an activating group) is 1. The van der Waals surface area contributed by atoms with Gasteiger partial charge in [0.05, 0.1) is 17.1 Å². The average Bonchev–Trinajstić information content (AvgIpc) is 2.65. The van der Waals surface area contributed by atoms with Gasteiger partial charge in [-0.2, -0.15) is 4.99 Å². The van der Waals surface area contributed by atoms with Crippen LogP contribution in [0.15, 0.2) is 52.4 Å². The van der Waals surface area contributed by atoms with Crippen LogP contribution in [0.25, 0.3) is 0 Å². The topological polar surface area (TPSA) is 62.1 Å². The summed E-state index contributed by atoms with van der Waals surface area (Å²) < 4.78 is 0. The molecule has 0 bridgehead atoms. The van der Waals surface area contributed by atoms with Crippen molar-refractivity contribution in [3.05, 3.63) is 58.6 Å². The van der Waals surface area contributed by atoms with E-state index in [-0.39, 0.29) is 5.91 Å². The number of benzodiazepines with no additional fused rings is 1. The Morgan fingerprint density at radius 3 is 2.56 bits per heavy atom. The summed E-state index contributed by atoms with van der Waals surface area (Å²) in [4.78, 5) is 33.4. The molecule has 3 rings (SSSR count). The number of benzene rings is 2. The van der Waals surface area contributed by atoms with Gasteiger partial charge in [0, 0.05) is 23.2 Å². The molecule has 0 aromatic heterocycles. The Morgan fingerprint density at radius 1 is 1.16 bits per heavy atom. The maximum Gasteiger partial charge on any atom is 0.254 e. The van der Waals surface area contributed by atoms with Gasteiger partial charge in [-0.15, -0.1) is 0 Å². The van der Waals surface area contributed by atoms with Crippen molar-refractivity contribution >= 4 is 40.7 Å². The molecule has 1 amide bonds. The number of hydrogen-bond acceptors (Lipinski definition) is 4. The van der Waals surface area contributed by atoms with E-state index in [1.807, 2.05) is 18.2 Å². The number of carbonyl (C=O) groups excluding carboxylic acids is 2. The van der Waals surface area contributed by atoms with Crippen molar-refractivity contribution in [2.45, 2.75) is 19.4 Å². The quantitative estimate of drug-likeness (QED) is 0.607. The van der Waals surface area contributed by atoms with E-state index in [0.717, 1.165) is 0 Å². The molecule has 0 saturated carbocycles. The van der Waals surface area contributed by atoms with E-state index in [4.69, 9.17) is 16.6 Å². The lowest BCUT2D eigenvalue weighted by Gasteiger charge is -2.24. The van der Waals surface area contributed by atoms with E-state index in [1.54, 1.807) is 50.1 Å². The van der Waals surface area contributed by atoms with Crippen molar-refractivity contribution in [3.8, 4) is 0 Å². The predicted octanol–water partition coefficient (Wildman–Crippen LogP) is 3.90. The molecular weight excluding hydrogens is 338 g/mol. The van der Waals surface area contributed by atoms with Gasteiger partial charge in [0.2, 0.25) is 6.08 Å². The van der Waals surface area contributed by atoms with Crippen molar-refractivity contribution in [1.82, 2.24) is 0 Å². The fraction of sp³-hybridized carbons (Fsp3) is 0.211. The second kappa shape index (κ2) is 6.28. The number of nitrogens with zero attached hydrogens (tertiary/aromatic N) is 3. The van der Waals surface area contributed by atoms with Crippen LogP contribution in [0.2, 0.25) is 5.02 Å². The van der Waals surface area contributed by atoms with E-state index in [2.05, 4.69) is 4.99 Å². The van der Waals surface area contributed by atoms with Crippen molar-refractivity contribution in [2.75, 3.05) is 11.9 Å². The molecule has 1 aliphatic heterocycles. The number of halogens is 1. The van der Waals surface area contributed by atoms with Gasteiger partial charge in [-0.1, -0.05) is 29.8 Å². The number of carbonyl (C=O) groups is 1. The van der Waals surface area contributed by atoms with Gasteiger partial charge in [-0.25, -0.2) is 4.79 Å². The standard InChI is InChI=1S/C19H16ClN3O2/c1-19(2)18(25)23(3)16-9-8-12(21-11-24)10-14(16)17(22-19)13-6-4-5-7-15(13)20/h4-10H,1-3H3.